The number of nitrogens with two attached hydrogens (primary N) is 1. The van der Waals surface area contributed by atoms with Crippen molar-refractivity contribution in [3.8, 4) is 29.0 Å². The minimum atomic E-state index is -0.893. The van der Waals surface area contributed by atoms with Crippen LogP contribution in [0, 0.1) is 23.1 Å². The Morgan fingerprint density at radius 2 is 2.02 bits per heavy atom. The number of aromatic hydroxyl groups is 1. The summed E-state index contributed by atoms with van der Waals surface area (Å²) in [6.07, 6.45) is 5.37. The van der Waals surface area contributed by atoms with Crippen molar-refractivity contribution in [2.24, 2.45) is 21.6 Å². The van der Waals surface area contributed by atoms with Gasteiger partial charge in [-0.05, 0) is 84.3 Å². The molecule has 2 saturated heterocycles. The minimum Gasteiger partial charge on any atom is -0.508 e. The average Bonchev–Trinajstić information content (AvgIpc) is 3.24. The van der Waals surface area contributed by atoms with Gasteiger partial charge in [-0.2, -0.15) is 15.2 Å². The first-order valence-electron chi connectivity index (χ1n) is 18.1. The van der Waals surface area contributed by atoms with Gasteiger partial charge in [0.15, 0.2) is 0 Å². The van der Waals surface area contributed by atoms with E-state index in [-0.39, 0.29) is 47.4 Å². The number of phenolic OH excluding ortho intramolecular Hbond substituents is 1. The lowest BCUT2D eigenvalue weighted by Crippen LogP contribution is -2.59. The van der Waals surface area contributed by atoms with Gasteiger partial charge in [0.1, 0.15) is 41.9 Å². The lowest BCUT2D eigenvalue weighted by Gasteiger charge is -2.47. The zero-order chi connectivity index (χ0) is 36.3. The van der Waals surface area contributed by atoms with Gasteiger partial charge in [-0.3, -0.25) is 14.9 Å². The molecule has 3 N–H and O–H groups in total. The van der Waals surface area contributed by atoms with Gasteiger partial charge < -0.3 is 20.5 Å². The number of aliphatic imine (C=N–C) groups is 1. The molecule has 12 heteroatoms. The number of anilines is 1. The highest BCUT2D eigenvalue weighted by Crippen LogP contribution is 2.42. The van der Waals surface area contributed by atoms with Crippen LogP contribution >= 0.6 is 0 Å². The van der Waals surface area contributed by atoms with Crippen LogP contribution in [-0.4, -0.2) is 82.8 Å². The van der Waals surface area contributed by atoms with Gasteiger partial charge in [-0.1, -0.05) is 26.0 Å². The SMILES string of the molecule is CCc1c(F)ccc2cc(O)cc(-c3cc4nc(OCC56CCN5CC(F)C6)nc(N5CCCN=C(/C=C(\N)C#N)C5)c4c4c3=NC(C)C(C)C=4)c12. The van der Waals surface area contributed by atoms with Gasteiger partial charge >= 0.3 is 6.01 Å². The molecule has 0 bridgehead atoms. The number of fused-ring (bicyclic) bond motifs is 5. The average molecular weight is 705 g/mol. The van der Waals surface area contributed by atoms with Gasteiger partial charge in [0.05, 0.1) is 40.1 Å². The Morgan fingerprint density at radius 3 is 2.77 bits per heavy atom. The fourth-order valence-corrected chi connectivity index (χ4v) is 8.39. The van der Waals surface area contributed by atoms with Gasteiger partial charge in [-0.15, -0.1) is 0 Å². The molecular weight excluding hydrogens is 662 g/mol. The fourth-order valence-electron chi connectivity index (χ4n) is 8.39. The first kappa shape index (κ1) is 34.0. The van der Waals surface area contributed by atoms with E-state index in [0.717, 1.165) is 51.7 Å². The van der Waals surface area contributed by atoms with Crippen molar-refractivity contribution in [3.63, 3.8) is 0 Å². The van der Waals surface area contributed by atoms with Crippen LogP contribution < -0.4 is 25.9 Å². The third-order valence-electron chi connectivity index (χ3n) is 11.3. The summed E-state index contributed by atoms with van der Waals surface area (Å²) in [7, 11) is 0. The summed E-state index contributed by atoms with van der Waals surface area (Å²) in [5.74, 6) is 0.470. The van der Waals surface area contributed by atoms with Gasteiger partial charge in [0.2, 0.25) is 0 Å². The van der Waals surface area contributed by atoms with Crippen molar-refractivity contribution in [1.82, 2.24) is 14.9 Å². The molecule has 5 heterocycles. The molecule has 3 aromatic carbocycles. The van der Waals surface area contributed by atoms with Crippen molar-refractivity contribution in [2.45, 2.75) is 64.2 Å². The molecule has 0 radical (unpaired) electrons. The third kappa shape index (κ3) is 5.81. The van der Waals surface area contributed by atoms with Crippen LogP contribution in [-0.2, 0) is 6.42 Å². The van der Waals surface area contributed by atoms with Gasteiger partial charge in [0.25, 0.3) is 0 Å². The second-order valence-corrected chi connectivity index (χ2v) is 14.6. The van der Waals surface area contributed by atoms with E-state index in [4.69, 9.17) is 30.4 Å². The van der Waals surface area contributed by atoms with E-state index >= 15 is 4.39 Å². The van der Waals surface area contributed by atoms with Crippen molar-refractivity contribution in [1.29, 1.82) is 5.26 Å². The van der Waals surface area contributed by atoms with Gasteiger partial charge in [-0.25, -0.2) is 8.78 Å². The highest BCUT2D eigenvalue weighted by molar-refractivity contribution is 6.04. The Balaban J connectivity index is 1.39. The Kier molecular flexibility index (Phi) is 8.57. The number of nitriles is 1. The summed E-state index contributed by atoms with van der Waals surface area (Å²) in [6, 6.07) is 10.5. The maximum atomic E-state index is 15.4. The van der Waals surface area contributed by atoms with Crippen LogP contribution in [0.15, 0.2) is 52.1 Å². The molecule has 10 nitrogen and oxygen atoms in total. The molecule has 0 aliphatic carbocycles. The summed E-state index contributed by atoms with van der Waals surface area (Å²) >= 11 is 0. The standard InChI is InChI=1S/C40H42F2N8O2/c1-4-29-33(42)7-6-24-13-28(51)15-30(35(24)29)31-16-34-36(32-12-22(2)23(3)46-37(31)32)38(49-10-5-9-45-27(20-49)14-26(44)18-43)48-39(47-34)52-21-40-8-11-50(40)19-25(41)17-40/h6-7,12-16,22-23,25,51H,4-5,8-11,17,19-21,44H2,1-3H3/b26-14-. The maximum absolute atomic E-state index is 15.4. The van der Waals surface area contributed by atoms with E-state index in [2.05, 4.69) is 29.7 Å². The normalized spacial score (nSPS) is 24.6. The highest BCUT2D eigenvalue weighted by Gasteiger charge is 2.52. The largest absolute Gasteiger partial charge is 0.508 e. The number of rotatable bonds is 7. The van der Waals surface area contributed by atoms with Crippen molar-refractivity contribution in [2.75, 3.05) is 44.2 Å². The van der Waals surface area contributed by atoms with E-state index < -0.39 is 6.17 Å². The van der Waals surface area contributed by atoms with Crippen LogP contribution in [0.25, 0.3) is 38.9 Å². The van der Waals surface area contributed by atoms with E-state index in [0.29, 0.717) is 67.2 Å². The number of benzene rings is 3. The van der Waals surface area contributed by atoms with Crippen LogP contribution in [0.4, 0.5) is 14.6 Å². The Labute approximate surface area is 300 Å². The van der Waals surface area contributed by atoms with Crippen molar-refractivity contribution in [3.05, 3.63) is 64.1 Å². The summed E-state index contributed by atoms with van der Waals surface area (Å²) in [5, 5.41) is 24.2. The first-order valence-corrected chi connectivity index (χ1v) is 18.1. The monoisotopic (exact) mass is 704 g/mol. The number of ether oxygens (including phenoxy) is 1. The quantitative estimate of drug-likeness (QED) is 0.260. The number of aromatic nitrogens is 2. The summed E-state index contributed by atoms with van der Waals surface area (Å²) in [6.45, 7) is 9.16. The van der Waals surface area contributed by atoms with E-state index in [9.17, 15) is 14.8 Å². The number of allylic oxidation sites excluding steroid dienone is 1. The van der Waals surface area contributed by atoms with Crippen molar-refractivity contribution >= 4 is 39.3 Å². The molecule has 52 heavy (non-hydrogen) atoms. The minimum absolute atomic E-state index is 0.0481. The van der Waals surface area contributed by atoms with Crippen molar-refractivity contribution < 1.29 is 18.6 Å². The van der Waals surface area contributed by atoms with E-state index in [1.807, 2.05) is 19.1 Å². The van der Waals surface area contributed by atoms with E-state index in [1.165, 1.54) is 6.07 Å². The molecule has 4 aromatic rings. The molecule has 4 atom stereocenters. The molecule has 8 rings (SSSR count). The van der Waals surface area contributed by atoms with Crippen LogP contribution in [0.2, 0.25) is 0 Å². The highest BCUT2D eigenvalue weighted by atomic mass is 19.1. The third-order valence-corrected chi connectivity index (χ3v) is 11.3. The zero-order valence-electron chi connectivity index (χ0n) is 29.7. The Morgan fingerprint density at radius 1 is 1.17 bits per heavy atom. The molecular formula is C40H42F2N8O2. The zero-order valence-corrected chi connectivity index (χ0v) is 29.7. The number of phenols is 1. The lowest BCUT2D eigenvalue weighted by atomic mass is 9.86. The Bertz CT molecular complexity index is 2350. The number of hydrogen-bond donors (Lipinski definition) is 2. The van der Waals surface area contributed by atoms with E-state index in [1.54, 1.807) is 24.3 Å². The molecule has 4 aliphatic heterocycles. The second kappa shape index (κ2) is 13.1. The van der Waals surface area contributed by atoms with Crippen LogP contribution in [0.1, 0.15) is 45.6 Å². The molecule has 4 unspecified atom stereocenters. The topological polar surface area (TPSA) is 136 Å². The van der Waals surface area contributed by atoms with Crippen LogP contribution in [0.5, 0.6) is 11.8 Å². The Hall–Kier alpha value is -5.15. The summed E-state index contributed by atoms with van der Waals surface area (Å²) < 4.78 is 36.4. The molecule has 4 aliphatic rings. The molecule has 1 aromatic heterocycles. The fraction of sp³-hybridized carbons (Fsp3) is 0.425. The summed E-state index contributed by atoms with van der Waals surface area (Å²) in [4.78, 5) is 24.3. The predicted octanol–water partition coefficient (Wildman–Crippen LogP) is 4.88. The number of aryl methyl sites for hydroxylation is 1. The molecule has 0 saturated carbocycles. The smallest absolute Gasteiger partial charge is 0.319 e. The number of nitrogens with zero attached hydrogens (tertiary/aromatic N) is 7. The lowest BCUT2D eigenvalue weighted by molar-refractivity contribution is -0.0132. The number of alkyl halides is 1. The predicted molar refractivity (Wildman–Crippen MR) is 198 cm³/mol. The molecule has 268 valence electrons. The number of hydrogen-bond acceptors (Lipinski definition) is 10. The maximum Gasteiger partial charge on any atom is 0.319 e. The number of halogens is 2. The first-order chi connectivity index (χ1) is 25.1. The van der Waals surface area contributed by atoms with Crippen LogP contribution in [0.3, 0.4) is 0 Å². The van der Waals surface area contributed by atoms with Gasteiger partial charge in [0, 0.05) is 43.4 Å². The molecule has 2 fully saturated rings. The molecule has 0 spiro atoms. The second-order valence-electron chi connectivity index (χ2n) is 14.6. The summed E-state index contributed by atoms with van der Waals surface area (Å²) in [5.41, 5.74) is 8.83. The molecule has 0 amide bonds.